The Bertz CT molecular complexity index is 348. The number of rotatable bonds is 4. The van der Waals surface area contributed by atoms with Crippen molar-refractivity contribution in [3.05, 3.63) is 23.0 Å². The molecule has 15 heavy (non-hydrogen) atoms. The van der Waals surface area contributed by atoms with Gasteiger partial charge in [-0.1, -0.05) is 13.8 Å². The van der Waals surface area contributed by atoms with Crippen LogP contribution in [0.25, 0.3) is 0 Å². The molecule has 1 unspecified atom stereocenters. The van der Waals surface area contributed by atoms with Gasteiger partial charge in [0.2, 0.25) is 0 Å². The van der Waals surface area contributed by atoms with E-state index in [1.807, 2.05) is 0 Å². The lowest BCUT2D eigenvalue weighted by Gasteiger charge is -2.12. The van der Waals surface area contributed by atoms with Crippen molar-refractivity contribution in [2.75, 3.05) is 6.61 Å². The molecule has 2 rings (SSSR count). The van der Waals surface area contributed by atoms with Gasteiger partial charge in [0.05, 0.1) is 12.7 Å². The SMILES string of the molecule is Cc1cc(CC2CO2)c(C)n1CC(C)C. The van der Waals surface area contributed by atoms with Crippen molar-refractivity contribution in [3.63, 3.8) is 0 Å². The minimum Gasteiger partial charge on any atom is -0.373 e. The van der Waals surface area contributed by atoms with Crippen molar-refractivity contribution in [1.82, 2.24) is 4.57 Å². The highest BCUT2D eigenvalue weighted by Crippen LogP contribution is 2.22. The van der Waals surface area contributed by atoms with E-state index in [1.165, 1.54) is 17.0 Å². The standard InChI is InChI=1S/C13H21NO/c1-9(2)7-14-10(3)5-12(11(14)4)6-13-8-15-13/h5,9,13H,6-8H2,1-4H3. The fourth-order valence-corrected chi connectivity index (χ4v) is 2.16. The number of aromatic nitrogens is 1. The predicted molar refractivity (Wildman–Crippen MR) is 62.2 cm³/mol. The molecule has 0 spiro atoms. The van der Waals surface area contributed by atoms with Crippen LogP contribution in [-0.2, 0) is 17.7 Å². The first-order chi connectivity index (χ1) is 7.08. The fourth-order valence-electron chi connectivity index (χ4n) is 2.16. The second-order valence-corrected chi connectivity index (χ2v) is 5.06. The fraction of sp³-hybridized carbons (Fsp3) is 0.692. The molecule has 0 aromatic carbocycles. The van der Waals surface area contributed by atoms with E-state index in [-0.39, 0.29) is 0 Å². The molecule has 2 heteroatoms. The number of hydrogen-bond donors (Lipinski definition) is 0. The number of epoxide rings is 1. The second-order valence-electron chi connectivity index (χ2n) is 5.06. The summed E-state index contributed by atoms with van der Waals surface area (Å²) in [6.45, 7) is 11.0. The molecule has 2 heterocycles. The van der Waals surface area contributed by atoms with Gasteiger partial charge < -0.3 is 9.30 Å². The largest absolute Gasteiger partial charge is 0.373 e. The monoisotopic (exact) mass is 207 g/mol. The second kappa shape index (κ2) is 4.01. The minimum atomic E-state index is 0.498. The zero-order chi connectivity index (χ0) is 11.0. The summed E-state index contributed by atoms with van der Waals surface area (Å²) in [5.41, 5.74) is 4.28. The van der Waals surface area contributed by atoms with Gasteiger partial charge in [-0.15, -0.1) is 0 Å². The van der Waals surface area contributed by atoms with Crippen molar-refractivity contribution < 1.29 is 4.74 Å². The average Bonchev–Trinajstić information content (AvgIpc) is 2.91. The Morgan fingerprint density at radius 1 is 1.47 bits per heavy atom. The number of nitrogens with zero attached hydrogens (tertiary/aromatic N) is 1. The van der Waals surface area contributed by atoms with Crippen LogP contribution in [0.1, 0.15) is 30.8 Å². The summed E-state index contributed by atoms with van der Waals surface area (Å²) >= 11 is 0. The minimum absolute atomic E-state index is 0.498. The zero-order valence-corrected chi connectivity index (χ0v) is 10.2. The molecule has 84 valence electrons. The van der Waals surface area contributed by atoms with Gasteiger partial charge in [0.25, 0.3) is 0 Å². The van der Waals surface area contributed by atoms with Gasteiger partial charge in [0.1, 0.15) is 0 Å². The van der Waals surface area contributed by atoms with Gasteiger partial charge in [-0.05, 0) is 31.4 Å². The summed E-state index contributed by atoms with van der Waals surface area (Å²) in [7, 11) is 0. The first kappa shape index (κ1) is 10.7. The van der Waals surface area contributed by atoms with Crippen molar-refractivity contribution in [1.29, 1.82) is 0 Å². The first-order valence-electron chi connectivity index (χ1n) is 5.85. The highest BCUT2D eigenvalue weighted by atomic mass is 16.6. The maximum atomic E-state index is 5.29. The van der Waals surface area contributed by atoms with Crippen LogP contribution < -0.4 is 0 Å². The summed E-state index contributed by atoms with van der Waals surface area (Å²) in [5.74, 6) is 0.708. The van der Waals surface area contributed by atoms with Crippen molar-refractivity contribution >= 4 is 0 Å². The Labute approximate surface area is 92.2 Å². The van der Waals surface area contributed by atoms with Crippen LogP contribution in [-0.4, -0.2) is 17.3 Å². The predicted octanol–water partition coefficient (Wildman–Crippen LogP) is 2.70. The summed E-state index contributed by atoms with van der Waals surface area (Å²) in [4.78, 5) is 0. The lowest BCUT2D eigenvalue weighted by atomic mass is 10.1. The highest BCUT2D eigenvalue weighted by Gasteiger charge is 2.24. The number of hydrogen-bond acceptors (Lipinski definition) is 1. The summed E-state index contributed by atoms with van der Waals surface area (Å²) in [6.07, 6.45) is 1.59. The van der Waals surface area contributed by atoms with Gasteiger partial charge in [0.15, 0.2) is 0 Å². The molecule has 1 aromatic heterocycles. The van der Waals surface area contributed by atoms with Crippen LogP contribution in [0.3, 0.4) is 0 Å². The molecule has 1 fully saturated rings. The quantitative estimate of drug-likeness (QED) is 0.694. The average molecular weight is 207 g/mol. The molecule has 0 saturated carbocycles. The number of aryl methyl sites for hydroxylation is 1. The maximum absolute atomic E-state index is 5.29. The summed E-state index contributed by atoms with van der Waals surface area (Å²) in [6, 6.07) is 2.32. The Morgan fingerprint density at radius 2 is 2.13 bits per heavy atom. The van der Waals surface area contributed by atoms with Crippen LogP contribution in [0.15, 0.2) is 6.07 Å². The van der Waals surface area contributed by atoms with Gasteiger partial charge in [0, 0.05) is 24.4 Å². The molecule has 2 nitrogen and oxygen atoms in total. The van der Waals surface area contributed by atoms with Crippen LogP contribution in [0, 0.1) is 19.8 Å². The lowest BCUT2D eigenvalue weighted by molar-refractivity contribution is 0.407. The molecule has 1 saturated heterocycles. The van der Waals surface area contributed by atoms with E-state index in [1.54, 1.807) is 0 Å². The van der Waals surface area contributed by atoms with Crippen molar-refractivity contribution in [2.45, 2.75) is 46.8 Å². The molecule has 0 radical (unpaired) electrons. The number of ether oxygens (including phenoxy) is 1. The third-order valence-corrected chi connectivity index (χ3v) is 3.08. The molecule has 0 bridgehead atoms. The molecule has 1 aliphatic heterocycles. The third-order valence-electron chi connectivity index (χ3n) is 3.08. The molecule has 0 amide bonds. The van der Waals surface area contributed by atoms with Gasteiger partial charge >= 0.3 is 0 Å². The van der Waals surface area contributed by atoms with E-state index in [2.05, 4.69) is 38.3 Å². The summed E-state index contributed by atoms with van der Waals surface area (Å²) < 4.78 is 7.72. The van der Waals surface area contributed by atoms with E-state index >= 15 is 0 Å². The Morgan fingerprint density at radius 3 is 2.67 bits per heavy atom. The molecule has 0 aliphatic carbocycles. The van der Waals surface area contributed by atoms with Crippen molar-refractivity contribution in [3.8, 4) is 0 Å². The maximum Gasteiger partial charge on any atom is 0.0850 e. The van der Waals surface area contributed by atoms with Gasteiger partial charge in [-0.3, -0.25) is 0 Å². The van der Waals surface area contributed by atoms with E-state index in [0.29, 0.717) is 12.0 Å². The van der Waals surface area contributed by atoms with E-state index in [4.69, 9.17) is 4.74 Å². The molecular weight excluding hydrogens is 186 g/mol. The topological polar surface area (TPSA) is 17.5 Å². The van der Waals surface area contributed by atoms with E-state index in [0.717, 1.165) is 19.6 Å². The van der Waals surface area contributed by atoms with Crippen LogP contribution in [0.5, 0.6) is 0 Å². The van der Waals surface area contributed by atoms with Crippen LogP contribution >= 0.6 is 0 Å². The summed E-state index contributed by atoms with van der Waals surface area (Å²) in [5, 5.41) is 0. The van der Waals surface area contributed by atoms with Gasteiger partial charge in [-0.2, -0.15) is 0 Å². The highest BCUT2D eigenvalue weighted by molar-refractivity contribution is 5.28. The van der Waals surface area contributed by atoms with Crippen LogP contribution in [0.4, 0.5) is 0 Å². The Hall–Kier alpha value is -0.760. The normalized spacial score (nSPS) is 19.9. The molecule has 1 aromatic rings. The van der Waals surface area contributed by atoms with E-state index < -0.39 is 0 Å². The molecule has 1 atom stereocenters. The smallest absolute Gasteiger partial charge is 0.0850 e. The van der Waals surface area contributed by atoms with E-state index in [9.17, 15) is 0 Å². The molecule has 0 N–H and O–H groups in total. The van der Waals surface area contributed by atoms with Gasteiger partial charge in [-0.25, -0.2) is 0 Å². The molecule has 1 aliphatic rings. The third kappa shape index (κ3) is 2.43. The van der Waals surface area contributed by atoms with Crippen molar-refractivity contribution in [2.24, 2.45) is 5.92 Å². The zero-order valence-electron chi connectivity index (χ0n) is 10.2. The first-order valence-corrected chi connectivity index (χ1v) is 5.85. The Kier molecular flexibility index (Phi) is 2.87. The van der Waals surface area contributed by atoms with Crippen LogP contribution in [0.2, 0.25) is 0 Å². The lowest BCUT2D eigenvalue weighted by Crippen LogP contribution is -2.08. The molecular formula is C13H21NO. The Balaban J connectivity index is 2.17.